The first-order valence-corrected chi connectivity index (χ1v) is 6.85. The summed E-state index contributed by atoms with van der Waals surface area (Å²) < 4.78 is 5.43. The van der Waals surface area contributed by atoms with Crippen LogP contribution in [-0.4, -0.2) is 43.8 Å². The van der Waals surface area contributed by atoms with Crippen molar-refractivity contribution in [3.05, 3.63) is 0 Å². The molecule has 3 nitrogen and oxygen atoms in total. The van der Waals surface area contributed by atoms with Gasteiger partial charge in [-0.05, 0) is 38.3 Å². The summed E-state index contributed by atoms with van der Waals surface area (Å²) in [5, 5.41) is 0. The number of hydrogen-bond donors (Lipinski definition) is 1. The summed E-state index contributed by atoms with van der Waals surface area (Å²) >= 11 is 0. The molecule has 0 aromatic rings. The minimum atomic E-state index is 0.269. The van der Waals surface area contributed by atoms with Gasteiger partial charge in [-0.15, -0.1) is 0 Å². The number of nitrogens with two attached hydrogens (primary N) is 1. The Morgan fingerprint density at radius 3 is 2.81 bits per heavy atom. The van der Waals surface area contributed by atoms with E-state index in [2.05, 4.69) is 11.8 Å². The topological polar surface area (TPSA) is 38.5 Å². The molecule has 3 atom stereocenters. The highest BCUT2D eigenvalue weighted by Crippen LogP contribution is 2.22. The van der Waals surface area contributed by atoms with Crippen LogP contribution < -0.4 is 5.73 Å². The average molecular weight is 226 g/mol. The number of nitrogens with zero attached hydrogens (tertiary/aromatic N) is 1. The van der Waals surface area contributed by atoms with Crippen molar-refractivity contribution in [2.24, 2.45) is 17.6 Å². The average Bonchev–Trinajstić information content (AvgIpc) is 2.56. The minimum Gasteiger partial charge on any atom is -0.379 e. The fourth-order valence-corrected chi connectivity index (χ4v) is 2.95. The first-order valence-electron chi connectivity index (χ1n) is 6.85. The molecule has 2 aliphatic rings. The van der Waals surface area contributed by atoms with E-state index < -0.39 is 0 Å². The molecule has 3 heteroatoms. The fraction of sp³-hybridized carbons (Fsp3) is 1.00. The van der Waals surface area contributed by atoms with E-state index in [1.54, 1.807) is 0 Å². The van der Waals surface area contributed by atoms with Crippen molar-refractivity contribution in [3.8, 4) is 0 Å². The Morgan fingerprint density at radius 2 is 2.12 bits per heavy atom. The second-order valence-corrected chi connectivity index (χ2v) is 5.47. The third-order valence-corrected chi connectivity index (χ3v) is 4.26. The molecule has 2 N–H and O–H groups in total. The number of rotatable bonds is 3. The molecule has 0 aliphatic carbocycles. The van der Waals surface area contributed by atoms with Gasteiger partial charge in [0, 0.05) is 18.5 Å². The Balaban J connectivity index is 1.77. The van der Waals surface area contributed by atoms with Crippen molar-refractivity contribution < 1.29 is 4.74 Å². The molecule has 16 heavy (non-hydrogen) atoms. The van der Waals surface area contributed by atoms with E-state index in [0.29, 0.717) is 5.92 Å². The fourth-order valence-electron chi connectivity index (χ4n) is 2.95. The predicted molar refractivity (Wildman–Crippen MR) is 66.4 cm³/mol. The Bertz CT molecular complexity index is 210. The van der Waals surface area contributed by atoms with Crippen molar-refractivity contribution in [1.29, 1.82) is 0 Å². The molecule has 0 spiro atoms. The van der Waals surface area contributed by atoms with Crippen LogP contribution >= 0.6 is 0 Å². The SMILES string of the molecule is CCC1CCCN(CC2COCC2N)CC1. The zero-order valence-corrected chi connectivity index (χ0v) is 10.5. The van der Waals surface area contributed by atoms with Gasteiger partial charge < -0.3 is 15.4 Å². The van der Waals surface area contributed by atoms with Crippen molar-refractivity contribution in [1.82, 2.24) is 4.90 Å². The monoisotopic (exact) mass is 226 g/mol. The van der Waals surface area contributed by atoms with Crippen molar-refractivity contribution in [2.45, 2.75) is 38.6 Å². The number of hydrogen-bond acceptors (Lipinski definition) is 3. The summed E-state index contributed by atoms with van der Waals surface area (Å²) in [5.74, 6) is 1.52. The van der Waals surface area contributed by atoms with Crippen LogP contribution in [0.15, 0.2) is 0 Å². The van der Waals surface area contributed by atoms with Crippen molar-refractivity contribution >= 4 is 0 Å². The lowest BCUT2D eigenvalue weighted by Gasteiger charge is -2.25. The molecule has 2 aliphatic heterocycles. The third kappa shape index (κ3) is 3.19. The van der Waals surface area contributed by atoms with E-state index in [1.165, 1.54) is 38.8 Å². The van der Waals surface area contributed by atoms with E-state index >= 15 is 0 Å². The van der Waals surface area contributed by atoms with E-state index in [0.717, 1.165) is 25.7 Å². The maximum absolute atomic E-state index is 6.04. The number of ether oxygens (including phenoxy) is 1. The van der Waals surface area contributed by atoms with Crippen LogP contribution in [0, 0.1) is 11.8 Å². The van der Waals surface area contributed by atoms with Gasteiger partial charge in [-0.3, -0.25) is 0 Å². The normalized spacial score (nSPS) is 37.5. The first kappa shape index (κ1) is 12.3. The Morgan fingerprint density at radius 1 is 1.25 bits per heavy atom. The summed E-state index contributed by atoms with van der Waals surface area (Å²) in [6, 6.07) is 0.269. The minimum absolute atomic E-state index is 0.269. The van der Waals surface area contributed by atoms with Gasteiger partial charge in [0.15, 0.2) is 0 Å². The van der Waals surface area contributed by atoms with Gasteiger partial charge in [0.05, 0.1) is 13.2 Å². The van der Waals surface area contributed by atoms with E-state index in [1.807, 2.05) is 0 Å². The summed E-state index contributed by atoms with van der Waals surface area (Å²) in [7, 11) is 0. The molecule has 2 heterocycles. The Labute approximate surface area is 99.3 Å². The molecule has 94 valence electrons. The van der Waals surface area contributed by atoms with Crippen LogP contribution in [0.2, 0.25) is 0 Å². The van der Waals surface area contributed by atoms with Gasteiger partial charge in [0.2, 0.25) is 0 Å². The zero-order valence-electron chi connectivity index (χ0n) is 10.5. The van der Waals surface area contributed by atoms with Gasteiger partial charge in [-0.2, -0.15) is 0 Å². The molecule has 2 rings (SSSR count). The summed E-state index contributed by atoms with van der Waals surface area (Å²) in [4.78, 5) is 2.61. The molecular weight excluding hydrogens is 200 g/mol. The highest BCUT2D eigenvalue weighted by molar-refractivity contribution is 4.82. The molecule has 3 unspecified atom stereocenters. The van der Waals surface area contributed by atoms with E-state index in [-0.39, 0.29) is 6.04 Å². The van der Waals surface area contributed by atoms with Crippen LogP contribution in [0.4, 0.5) is 0 Å². The quantitative estimate of drug-likeness (QED) is 0.792. The molecule has 0 radical (unpaired) electrons. The lowest BCUT2D eigenvalue weighted by Crippen LogP contribution is -2.39. The molecule has 0 aromatic carbocycles. The summed E-state index contributed by atoms with van der Waals surface area (Å²) in [6.45, 7) is 7.63. The molecule has 0 aromatic heterocycles. The maximum atomic E-state index is 6.04. The molecule has 0 saturated carbocycles. The molecule has 2 fully saturated rings. The molecule has 0 bridgehead atoms. The van der Waals surface area contributed by atoms with Crippen LogP contribution in [-0.2, 0) is 4.74 Å². The molecular formula is C13H26N2O. The zero-order chi connectivity index (χ0) is 11.4. The van der Waals surface area contributed by atoms with Crippen molar-refractivity contribution in [3.63, 3.8) is 0 Å². The van der Waals surface area contributed by atoms with E-state index in [9.17, 15) is 0 Å². The number of likely N-dealkylation sites (tertiary alicyclic amines) is 1. The molecule has 0 amide bonds. The van der Waals surface area contributed by atoms with Gasteiger partial charge in [-0.25, -0.2) is 0 Å². The van der Waals surface area contributed by atoms with Crippen LogP contribution in [0.5, 0.6) is 0 Å². The van der Waals surface area contributed by atoms with Gasteiger partial charge in [0.1, 0.15) is 0 Å². The smallest absolute Gasteiger partial charge is 0.0621 e. The van der Waals surface area contributed by atoms with Gasteiger partial charge >= 0.3 is 0 Å². The second-order valence-electron chi connectivity index (χ2n) is 5.47. The second kappa shape index (κ2) is 5.99. The first-order chi connectivity index (χ1) is 7.79. The lowest BCUT2D eigenvalue weighted by atomic mass is 9.98. The third-order valence-electron chi connectivity index (χ3n) is 4.26. The summed E-state index contributed by atoms with van der Waals surface area (Å²) in [5.41, 5.74) is 6.04. The van der Waals surface area contributed by atoms with Crippen LogP contribution in [0.3, 0.4) is 0 Å². The predicted octanol–water partition coefficient (Wildman–Crippen LogP) is 1.47. The van der Waals surface area contributed by atoms with Crippen LogP contribution in [0.25, 0.3) is 0 Å². The standard InChI is InChI=1S/C13H26N2O/c1-2-11-4-3-6-15(7-5-11)8-12-9-16-10-13(12)14/h11-13H,2-10,14H2,1H3. The van der Waals surface area contributed by atoms with Gasteiger partial charge in [0.25, 0.3) is 0 Å². The largest absolute Gasteiger partial charge is 0.379 e. The van der Waals surface area contributed by atoms with Gasteiger partial charge in [-0.1, -0.05) is 13.3 Å². The lowest BCUT2D eigenvalue weighted by molar-refractivity contribution is 0.167. The Kier molecular flexibility index (Phi) is 4.62. The molecule has 2 saturated heterocycles. The maximum Gasteiger partial charge on any atom is 0.0621 e. The summed E-state index contributed by atoms with van der Waals surface area (Å²) in [6.07, 6.45) is 5.50. The Hall–Kier alpha value is -0.120. The highest BCUT2D eigenvalue weighted by Gasteiger charge is 2.27. The highest BCUT2D eigenvalue weighted by atomic mass is 16.5. The van der Waals surface area contributed by atoms with E-state index in [4.69, 9.17) is 10.5 Å². The van der Waals surface area contributed by atoms with Crippen molar-refractivity contribution in [2.75, 3.05) is 32.8 Å². The van der Waals surface area contributed by atoms with Crippen LogP contribution in [0.1, 0.15) is 32.6 Å².